The van der Waals surface area contributed by atoms with Crippen LogP contribution in [0.1, 0.15) is 26.7 Å². The van der Waals surface area contributed by atoms with Gasteiger partial charge >= 0.3 is 0 Å². The first-order valence-electron chi connectivity index (χ1n) is 5.25. The van der Waals surface area contributed by atoms with Gasteiger partial charge in [0.1, 0.15) is 6.17 Å². The van der Waals surface area contributed by atoms with E-state index in [9.17, 15) is 4.39 Å². The quantitative estimate of drug-likeness (QED) is 0.575. The second-order valence-electron chi connectivity index (χ2n) is 4.18. The van der Waals surface area contributed by atoms with Gasteiger partial charge in [-0.15, -0.1) is 0 Å². The van der Waals surface area contributed by atoms with E-state index in [0.717, 1.165) is 5.57 Å². The summed E-state index contributed by atoms with van der Waals surface area (Å²) in [5.41, 5.74) is 6.56. The summed E-state index contributed by atoms with van der Waals surface area (Å²) in [7, 11) is 1.53. The number of halogens is 1. The summed E-state index contributed by atoms with van der Waals surface area (Å²) in [5.74, 6) is 0.653. The number of nitrogens with zero attached hydrogens (tertiary/aromatic N) is 1. The first kappa shape index (κ1) is 12.0. The highest BCUT2D eigenvalue weighted by Crippen LogP contribution is 2.26. The number of hydrogen-bond acceptors (Lipinski definition) is 3. The van der Waals surface area contributed by atoms with Crippen LogP contribution in [-0.4, -0.2) is 25.5 Å². The summed E-state index contributed by atoms with van der Waals surface area (Å²) >= 11 is 0. The Morgan fingerprint density at radius 3 is 2.53 bits per heavy atom. The fourth-order valence-corrected chi connectivity index (χ4v) is 1.44. The van der Waals surface area contributed by atoms with Crippen LogP contribution in [0.3, 0.4) is 0 Å². The molecule has 2 N–H and O–H groups in total. The Kier molecular flexibility index (Phi) is 4.12. The van der Waals surface area contributed by atoms with Crippen molar-refractivity contribution >= 4 is 6.21 Å². The second kappa shape index (κ2) is 5.14. The largest absolute Gasteiger partial charge is 0.482 e. The zero-order valence-corrected chi connectivity index (χ0v) is 9.53. The molecule has 1 fully saturated rings. The maximum Gasteiger partial charge on any atom is 0.188 e. The third-order valence-electron chi connectivity index (χ3n) is 2.61. The third-order valence-corrected chi connectivity index (χ3v) is 2.61. The van der Waals surface area contributed by atoms with Crippen LogP contribution < -0.4 is 5.73 Å². The van der Waals surface area contributed by atoms with Gasteiger partial charge in [0.05, 0.1) is 13.2 Å². The van der Waals surface area contributed by atoms with Crippen molar-refractivity contribution in [1.29, 1.82) is 0 Å². The Hall–Kier alpha value is -1.06. The zero-order valence-electron chi connectivity index (χ0n) is 9.53. The molecule has 1 saturated carbocycles. The summed E-state index contributed by atoms with van der Waals surface area (Å²) in [4.78, 5) is 4.29. The van der Waals surface area contributed by atoms with E-state index in [1.807, 2.05) is 13.8 Å². The van der Waals surface area contributed by atoms with E-state index >= 15 is 0 Å². The van der Waals surface area contributed by atoms with Crippen LogP contribution in [-0.2, 0) is 4.74 Å². The lowest BCUT2D eigenvalue weighted by Crippen LogP contribution is -2.28. The summed E-state index contributed by atoms with van der Waals surface area (Å²) in [6, 6.07) is 0.124. The van der Waals surface area contributed by atoms with Crippen molar-refractivity contribution < 1.29 is 9.13 Å². The van der Waals surface area contributed by atoms with Gasteiger partial charge in [-0.25, -0.2) is 4.39 Å². The van der Waals surface area contributed by atoms with E-state index in [-0.39, 0.29) is 12.0 Å². The smallest absolute Gasteiger partial charge is 0.188 e. The molecule has 1 rings (SSSR count). The zero-order chi connectivity index (χ0) is 11.4. The molecule has 0 aromatic heterocycles. The molecule has 0 radical (unpaired) electrons. The van der Waals surface area contributed by atoms with Crippen LogP contribution >= 0.6 is 0 Å². The molecule has 0 amide bonds. The Labute approximate surface area is 90.2 Å². The summed E-state index contributed by atoms with van der Waals surface area (Å²) in [6.45, 7) is 4.04. The lowest BCUT2D eigenvalue weighted by atomic mass is 9.91. The minimum Gasteiger partial charge on any atom is -0.482 e. The van der Waals surface area contributed by atoms with Gasteiger partial charge < -0.3 is 10.5 Å². The molecule has 86 valence electrons. The number of methoxy groups -OCH3 is 1. The number of hydrogen-bond donors (Lipinski definition) is 1. The van der Waals surface area contributed by atoms with Crippen LogP contribution in [0.25, 0.3) is 0 Å². The monoisotopic (exact) mass is 214 g/mol. The number of alkyl halides is 1. The van der Waals surface area contributed by atoms with E-state index in [1.165, 1.54) is 7.11 Å². The van der Waals surface area contributed by atoms with Crippen molar-refractivity contribution in [2.24, 2.45) is 16.6 Å². The van der Waals surface area contributed by atoms with E-state index < -0.39 is 6.17 Å². The van der Waals surface area contributed by atoms with Crippen LogP contribution in [0.4, 0.5) is 4.39 Å². The van der Waals surface area contributed by atoms with Crippen molar-refractivity contribution in [2.75, 3.05) is 7.11 Å². The lowest BCUT2D eigenvalue weighted by Gasteiger charge is -2.25. The molecule has 0 spiro atoms. The molecule has 1 aliphatic carbocycles. The van der Waals surface area contributed by atoms with Gasteiger partial charge in [0.2, 0.25) is 0 Å². The molecular formula is C11H19FN2O. The van der Waals surface area contributed by atoms with E-state index in [0.29, 0.717) is 18.7 Å². The predicted octanol–water partition coefficient (Wildman–Crippen LogP) is 2.03. The molecule has 0 saturated heterocycles. The fourth-order valence-electron chi connectivity index (χ4n) is 1.44. The molecular weight excluding hydrogens is 195 g/mol. The standard InChI is InChI=1S/C11H19FN2O/c1-7(2)10(11(13)15-3)6-14-9-4-8(12)5-9/h6-9H,4-5,13H2,1-3H3. The van der Waals surface area contributed by atoms with Crippen molar-refractivity contribution in [3.8, 4) is 0 Å². The molecule has 0 unspecified atom stereocenters. The predicted molar refractivity (Wildman–Crippen MR) is 59.5 cm³/mol. The molecule has 0 aromatic carbocycles. The number of ether oxygens (including phenoxy) is 1. The summed E-state index contributed by atoms with van der Waals surface area (Å²) in [6.07, 6.45) is 2.13. The molecule has 0 bridgehead atoms. The van der Waals surface area contributed by atoms with Gasteiger partial charge in [0.25, 0.3) is 0 Å². The van der Waals surface area contributed by atoms with Crippen molar-refractivity contribution in [2.45, 2.75) is 38.9 Å². The number of rotatable bonds is 4. The number of allylic oxidation sites excluding steroid dienone is 1. The van der Waals surface area contributed by atoms with Crippen molar-refractivity contribution in [3.05, 3.63) is 11.5 Å². The summed E-state index contributed by atoms with van der Waals surface area (Å²) < 4.78 is 17.5. The van der Waals surface area contributed by atoms with Gasteiger partial charge in [-0.05, 0) is 5.92 Å². The number of nitrogens with two attached hydrogens (primary N) is 1. The average molecular weight is 214 g/mol. The maximum absolute atomic E-state index is 12.5. The highest BCUT2D eigenvalue weighted by Gasteiger charge is 2.27. The molecule has 15 heavy (non-hydrogen) atoms. The van der Waals surface area contributed by atoms with Crippen LogP contribution in [0.15, 0.2) is 16.4 Å². The van der Waals surface area contributed by atoms with Crippen LogP contribution in [0.2, 0.25) is 0 Å². The van der Waals surface area contributed by atoms with E-state index in [1.54, 1.807) is 6.21 Å². The van der Waals surface area contributed by atoms with Crippen LogP contribution in [0, 0.1) is 5.92 Å². The molecule has 0 aliphatic heterocycles. The molecule has 0 heterocycles. The highest BCUT2D eigenvalue weighted by molar-refractivity contribution is 5.79. The van der Waals surface area contributed by atoms with E-state index in [2.05, 4.69) is 4.99 Å². The van der Waals surface area contributed by atoms with Gasteiger partial charge in [-0.3, -0.25) is 4.99 Å². The Bertz CT molecular complexity index is 268. The molecule has 3 nitrogen and oxygen atoms in total. The number of aliphatic imine (C=N–C) groups is 1. The molecule has 0 aromatic rings. The minimum atomic E-state index is -0.668. The topological polar surface area (TPSA) is 47.6 Å². The maximum atomic E-state index is 12.5. The normalized spacial score (nSPS) is 27.8. The Morgan fingerprint density at radius 1 is 1.53 bits per heavy atom. The Morgan fingerprint density at radius 2 is 2.13 bits per heavy atom. The first-order chi connectivity index (χ1) is 7.04. The van der Waals surface area contributed by atoms with Gasteiger partial charge in [-0.2, -0.15) is 0 Å². The molecule has 4 heteroatoms. The molecule has 1 aliphatic rings. The highest BCUT2D eigenvalue weighted by atomic mass is 19.1. The van der Waals surface area contributed by atoms with Gasteiger partial charge in [0, 0.05) is 24.6 Å². The van der Waals surface area contributed by atoms with Crippen LogP contribution in [0.5, 0.6) is 0 Å². The summed E-state index contributed by atoms with van der Waals surface area (Å²) in [5, 5.41) is 0. The average Bonchev–Trinajstić information content (AvgIpc) is 2.14. The Balaban J connectivity index is 2.59. The lowest BCUT2D eigenvalue weighted by molar-refractivity contribution is 0.183. The first-order valence-corrected chi connectivity index (χ1v) is 5.25. The van der Waals surface area contributed by atoms with E-state index in [4.69, 9.17) is 10.5 Å². The van der Waals surface area contributed by atoms with Gasteiger partial charge in [0.15, 0.2) is 5.88 Å². The van der Waals surface area contributed by atoms with Crippen molar-refractivity contribution in [1.82, 2.24) is 0 Å². The molecule has 0 atom stereocenters. The van der Waals surface area contributed by atoms with Gasteiger partial charge in [-0.1, -0.05) is 13.8 Å². The minimum absolute atomic E-state index is 0.124. The van der Waals surface area contributed by atoms with Crippen molar-refractivity contribution in [3.63, 3.8) is 0 Å². The third kappa shape index (κ3) is 3.22. The fraction of sp³-hybridized carbons (Fsp3) is 0.727. The SMILES string of the molecule is COC(N)=C(C=NC1CC(F)C1)C(C)C. The second-order valence-corrected chi connectivity index (χ2v) is 4.18.